The number of rotatable bonds is 6. The van der Waals surface area contributed by atoms with Crippen LogP contribution in [0.3, 0.4) is 0 Å². The quantitative estimate of drug-likeness (QED) is 0.310. The predicted octanol–water partition coefficient (Wildman–Crippen LogP) is 4.88. The number of hydrogen-bond donors (Lipinski definition) is 0. The summed E-state index contributed by atoms with van der Waals surface area (Å²) in [7, 11) is -3.30. The monoisotopic (exact) mass is 608 g/mol. The summed E-state index contributed by atoms with van der Waals surface area (Å²) < 4.78 is 23.5. The summed E-state index contributed by atoms with van der Waals surface area (Å²) in [6.07, 6.45) is 2.89. The van der Waals surface area contributed by atoms with Gasteiger partial charge in [0.15, 0.2) is 9.84 Å². The molecule has 2 aliphatic heterocycles. The van der Waals surface area contributed by atoms with E-state index >= 15 is 0 Å². The number of pyridine rings is 1. The highest BCUT2D eigenvalue weighted by atomic mass is 32.2. The zero-order valence-electron chi connectivity index (χ0n) is 24.8. The van der Waals surface area contributed by atoms with Crippen LogP contribution in [-0.4, -0.2) is 91.5 Å². The molecule has 0 spiro atoms. The summed E-state index contributed by atoms with van der Waals surface area (Å²) in [5.41, 5.74) is 4.65. The van der Waals surface area contributed by atoms with E-state index in [-0.39, 0.29) is 16.7 Å². The SMILES string of the molecule is CS(=O)(=O)c1ccc(C(=O)N2CCC(N3CCN(C(=O)c4cc(-c5ccccc5)nc(-c5ccccc5)c4)CC3)CC2)cc1. The molecule has 0 saturated carbocycles. The number of sulfone groups is 1. The molecule has 0 N–H and O–H groups in total. The highest BCUT2D eigenvalue weighted by molar-refractivity contribution is 7.90. The third-order valence-corrected chi connectivity index (χ3v) is 9.74. The van der Waals surface area contributed by atoms with E-state index in [4.69, 9.17) is 4.98 Å². The molecule has 0 bridgehead atoms. The molecule has 0 unspecified atom stereocenters. The van der Waals surface area contributed by atoms with Gasteiger partial charge in [0.2, 0.25) is 0 Å². The van der Waals surface area contributed by atoms with Gasteiger partial charge in [-0.25, -0.2) is 13.4 Å². The molecule has 8 nitrogen and oxygen atoms in total. The Balaban J connectivity index is 1.08. The third kappa shape index (κ3) is 6.59. The van der Waals surface area contributed by atoms with Crippen LogP contribution in [0, 0.1) is 0 Å². The summed E-state index contributed by atoms with van der Waals surface area (Å²) >= 11 is 0. The van der Waals surface area contributed by atoms with Crippen molar-refractivity contribution in [2.24, 2.45) is 0 Å². The van der Waals surface area contributed by atoms with Crippen LogP contribution in [0.25, 0.3) is 22.5 Å². The summed E-state index contributed by atoms with van der Waals surface area (Å²) in [6, 6.07) is 30.2. The first-order valence-corrected chi connectivity index (χ1v) is 16.9. The van der Waals surface area contributed by atoms with E-state index in [2.05, 4.69) is 4.90 Å². The standard InChI is InChI=1S/C35H36N4O4S/c1-44(42,43)31-14-12-28(13-15-31)34(40)38-18-16-30(17-19-38)37-20-22-39(23-21-37)35(41)29-24-32(26-8-4-2-5-9-26)36-33(25-29)27-10-6-3-7-11-27/h2-15,24-25,30H,16-23H2,1H3. The van der Waals surface area contributed by atoms with Crippen molar-refractivity contribution in [1.29, 1.82) is 0 Å². The van der Waals surface area contributed by atoms with Crippen LogP contribution in [0.15, 0.2) is 102 Å². The minimum Gasteiger partial charge on any atom is -0.339 e. The zero-order chi connectivity index (χ0) is 30.7. The Morgan fingerprint density at radius 2 is 1.11 bits per heavy atom. The maximum atomic E-state index is 13.8. The lowest BCUT2D eigenvalue weighted by molar-refractivity contribution is 0.0412. The van der Waals surface area contributed by atoms with E-state index in [0.29, 0.717) is 43.3 Å². The van der Waals surface area contributed by atoms with E-state index in [1.165, 1.54) is 12.1 Å². The minimum absolute atomic E-state index is 0.0173. The molecule has 9 heteroatoms. The molecule has 0 radical (unpaired) electrons. The van der Waals surface area contributed by atoms with E-state index in [1.54, 1.807) is 12.1 Å². The second kappa shape index (κ2) is 12.7. The first kappa shape index (κ1) is 29.7. The van der Waals surface area contributed by atoms with Gasteiger partial charge in [0.1, 0.15) is 0 Å². The molecule has 2 amide bonds. The second-order valence-electron chi connectivity index (χ2n) is 11.5. The van der Waals surface area contributed by atoms with Crippen molar-refractivity contribution >= 4 is 21.7 Å². The summed E-state index contributed by atoms with van der Waals surface area (Å²) in [6.45, 7) is 4.18. The molecule has 0 atom stereocenters. The Bertz CT molecular complexity index is 1670. The molecular weight excluding hydrogens is 572 g/mol. The van der Waals surface area contributed by atoms with Gasteiger partial charge in [0.05, 0.1) is 16.3 Å². The van der Waals surface area contributed by atoms with Crippen LogP contribution in [-0.2, 0) is 9.84 Å². The number of piperazine rings is 1. The fourth-order valence-corrected chi connectivity index (χ4v) is 6.73. The van der Waals surface area contributed by atoms with Gasteiger partial charge in [-0.05, 0) is 49.2 Å². The summed E-state index contributed by atoms with van der Waals surface area (Å²) in [4.78, 5) is 38.2. The molecule has 44 heavy (non-hydrogen) atoms. The normalized spacial score (nSPS) is 16.6. The average Bonchev–Trinajstić information content (AvgIpc) is 3.08. The van der Waals surface area contributed by atoms with Crippen LogP contribution < -0.4 is 0 Å². The maximum Gasteiger partial charge on any atom is 0.254 e. The third-order valence-electron chi connectivity index (χ3n) is 8.61. The maximum absolute atomic E-state index is 13.8. The topological polar surface area (TPSA) is 90.9 Å². The van der Waals surface area contributed by atoms with Crippen LogP contribution in [0.1, 0.15) is 33.6 Å². The number of nitrogens with zero attached hydrogens (tertiary/aromatic N) is 4. The number of carbonyl (C=O) groups excluding carboxylic acids is 2. The van der Waals surface area contributed by atoms with Gasteiger partial charge < -0.3 is 9.80 Å². The lowest BCUT2D eigenvalue weighted by Gasteiger charge is -2.42. The van der Waals surface area contributed by atoms with Crippen molar-refractivity contribution in [3.8, 4) is 22.5 Å². The number of hydrogen-bond acceptors (Lipinski definition) is 6. The van der Waals surface area contributed by atoms with Gasteiger partial charge in [-0.3, -0.25) is 14.5 Å². The van der Waals surface area contributed by atoms with E-state index in [1.807, 2.05) is 82.6 Å². The van der Waals surface area contributed by atoms with Crippen molar-refractivity contribution in [2.45, 2.75) is 23.8 Å². The number of piperidine rings is 1. The molecule has 0 aliphatic carbocycles. The van der Waals surface area contributed by atoms with Crippen LogP contribution in [0.4, 0.5) is 0 Å². The van der Waals surface area contributed by atoms with Gasteiger partial charge in [-0.1, -0.05) is 60.7 Å². The molecule has 2 aliphatic rings. The minimum atomic E-state index is -3.30. The van der Waals surface area contributed by atoms with Crippen molar-refractivity contribution in [2.75, 3.05) is 45.5 Å². The highest BCUT2D eigenvalue weighted by Gasteiger charge is 2.31. The van der Waals surface area contributed by atoms with Crippen LogP contribution in [0.5, 0.6) is 0 Å². The number of carbonyl (C=O) groups is 2. The van der Waals surface area contributed by atoms with Crippen molar-refractivity contribution < 1.29 is 18.0 Å². The Labute approximate surface area is 258 Å². The lowest BCUT2D eigenvalue weighted by Crippen LogP contribution is -2.54. The molecule has 3 aromatic carbocycles. The summed E-state index contributed by atoms with van der Waals surface area (Å²) in [5.74, 6) is -0.0512. The Morgan fingerprint density at radius 3 is 1.61 bits per heavy atom. The van der Waals surface area contributed by atoms with Crippen molar-refractivity contribution in [3.05, 3.63) is 108 Å². The van der Waals surface area contributed by atoms with Crippen molar-refractivity contribution in [1.82, 2.24) is 19.7 Å². The number of amides is 2. The van der Waals surface area contributed by atoms with Gasteiger partial charge in [0, 0.05) is 73.8 Å². The number of benzene rings is 3. The molecule has 3 heterocycles. The summed E-state index contributed by atoms with van der Waals surface area (Å²) in [5, 5.41) is 0. The molecule has 2 fully saturated rings. The molecule has 1 aromatic heterocycles. The van der Waals surface area contributed by atoms with E-state index in [9.17, 15) is 18.0 Å². The first-order valence-electron chi connectivity index (χ1n) is 15.0. The molecule has 226 valence electrons. The molecule has 6 rings (SSSR count). The zero-order valence-corrected chi connectivity index (χ0v) is 25.6. The fraction of sp³-hybridized carbons (Fsp3) is 0.286. The number of aromatic nitrogens is 1. The first-order chi connectivity index (χ1) is 21.3. The van der Waals surface area contributed by atoms with E-state index < -0.39 is 9.84 Å². The van der Waals surface area contributed by atoms with Crippen LogP contribution >= 0.6 is 0 Å². The second-order valence-corrected chi connectivity index (χ2v) is 13.5. The predicted molar refractivity (Wildman–Crippen MR) is 171 cm³/mol. The molecular formula is C35H36N4O4S. The fourth-order valence-electron chi connectivity index (χ4n) is 6.10. The smallest absolute Gasteiger partial charge is 0.254 e. The largest absolute Gasteiger partial charge is 0.339 e. The van der Waals surface area contributed by atoms with Gasteiger partial charge in [0.25, 0.3) is 11.8 Å². The van der Waals surface area contributed by atoms with Gasteiger partial charge in [-0.2, -0.15) is 0 Å². The van der Waals surface area contributed by atoms with Gasteiger partial charge in [-0.15, -0.1) is 0 Å². The Morgan fingerprint density at radius 1 is 0.636 bits per heavy atom. The molecule has 2 saturated heterocycles. The lowest BCUT2D eigenvalue weighted by atomic mass is 10.0. The van der Waals surface area contributed by atoms with Gasteiger partial charge >= 0.3 is 0 Å². The average molecular weight is 609 g/mol. The van der Waals surface area contributed by atoms with E-state index in [0.717, 1.165) is 54.7 Å². The van der Waals surface area contributed by atoms with Crippen molar-refractivity contribution in [3.63, 3.8) is 0 Å². The Hall–Kier alpha value is -4.34. The highest BCUT2D eigenvalue weighted by Crippen LogP contribution is 2.27. The number of likely N-dealkylation sites (tertiary alicyclic amines) is 1. The van der Waals surface area contributed by atoms with Crippen LogP contribution in [0.2, 0.25) is 0 Å². The molecule has 4 aromatic rings. The Kier molecular flexibility index (Phi) is 8.59.